The Morgan fingerprint density at radius 1 is 0.535 bits per heavy atom. The van der Waals surface area contributed by atoms with Crippen molar-refractivity contribution in [2.24, 2.45) is 0 Å². The van der Waals surface area contributed by atoms with Gasteiger partial charge in [-0.1, -0.05) is 79.2 Å². The van der Waals surface area contributed by atoms with Gasteiger partial charge in [0.05, 0.1) is 0 Å². The summed E-state index contributed by atoms with van der Waals surface area (Å²) >= 11 is 0. The maximum absolute atomic E-state index is 6.09. The molecule has 0 aliphatic heterocycles. The van der Waals surface area contributed by atoms with Crippen LogP contribution in [-0.4, -0.2) is 9.97 Å². The van der Waals surface area contributed by atoms with Gasteiger partial charge in [0, 0.05) is 43.3 Å². The monoisotopic (exact) mass is 731 g/mol. The van der Waals surface area contributed by atoms with Crippen molar-refractivity contribution in [3.8, 4) is 33.6 Å². The van der Waals surface area contributed by atoms with E-state index in [1.165, 1.54) is 32.8 Å². The van der Waals surface area contributed by atoms with Gasteiger partial charge in [0.25, 0.3) is 0 Å². The van der Waals surface area contributed by atoms with Crippen molar-refractivity contribution < 1.29 is 24.5 Å². The molecule has 209 valence electrons. The number of furan rings is 1. The maximum atomic E-state index is 6.09. The molecular weight excluding hydrogens is 705 g/mol. The van der Waals surface area contributed by atoms with E-state index in [1.807, 2.05) is 85.1 Å². The summed E-state index contributed by atoms with van der Waals surface area (Å²) in [6.45, 7) is 2.15. The first kappa shape index (κ1) is 28.2. The Bertz CT molecular complexity index is 2100. The number of benzene rings is 5. The van der Waals surface area contributed by atoms with Crippen LogP contribution in [0.5, 0.6) is 0 Å². The topological polar surface area (TPSA) is 38.9 Å². The first-order valence-corrected chi connectivity index (χ1v) is 13.9. The first-order valence-electron chi connectivity index (χ1n) is 13.9. The fourth-order valence-electron chi connectivity index (χ4n) is 5.54. The summed E-state index contributed by atoms with van der Waals surface area (Å²) in [4.78, 5) is 8.75. The molecule has 0 N–H and O–H groups in total. The number of pyridine rings is 2. The number of aromatic nitrogens is 2. The van der Waals surface area contributed by atoms with E-state index < -0.39 is 0 Å². The van der Waals surface area contributed by atoms with Crippen LogP contribution < -0.4 is 0 Å². The molecule has 5 aromatic carbocycles. The zero-order valence-corrected chi connectivity index (χ0v) is 25.8. The van der Waals surface area contributed by atoms with Crippen molar-refractivity contribution in [3.05, 3.63) is 157 Å². The average molecular weight is 731 g/mol. The Morgan fingerprint density at radius 3 is 2.05 bits per heavy atom. The largest absolute Gasteiger partial charge is 0.456 e. The van der Waals surface area contributed by atoms with Crippen LogP contribution >= 0.6 is 0 Å². The maximum Gasteiger partial charge on any atom is 0.136 e. The summed E-state index contributed by atoms with van der Waals surface area (Å²) in [6, 6.07) is 49.4. The molecular formula is C39H26IrN2O-2. The van der Waals surface area contributed by atoms with Gasteiger partial charge in [0.2, 0.25) is 0 Å². The Kier molecular flexibility index (Phi) is 8.24. The molecule has 1 radical (unpaired) electrons. The van der Waals surface area contributed by atoms with Gasteiger partial charge in [0.15, 0.2) is 0 Å². The third-order valence-electron chi connectivity index (χ3n) is 7.52. The minimum Gasteiger partial charge on any atom is -0.456 e. The summed E-state index contributed by atoms with van der Waals surface area (Å²) in [5, 5.41) is 4.76. The van der Waals surface area contributed by atoms with Gasteiger partial charge in [0.1, 0.15) is 11.2 Å². The molecule has 0 saturated carbocycles. The summed E-state index contributed by atoms with van der Waals surface area (Å²) in [5.74, 6) is 0. The van der Waals surface area contributed by atoms with Crippen LogP contribution in [0.4, 0.5) is 0 Å². The number of para-hydroxylation sites is 1. The van der Waals surface area contributed by atoms with Crippen LogP contribution in [0.2, 0.25) is 0 Å². The quantitative estimate of drug-likeness (QED) is 0.170. The third-order valence-corrected chi connectivity index (χ3v) is 7.52. The van der Waals surface area contributed by atoms with Gasteiger partial charge in [-0.05, 0) is 52.0 Å². The minimum atomic E-state index is 0. The van der Waals surface area contributed by atoms with E-state index in [1.54, 1.807) is 6.20 Å². The molecule has 0 amide bonds. The summed E-state index contributed by atoms with van der Waals surface area (Å²) in [7, 11) is 0. The molecule has 0 aliphatic carbocycles. The molecule has 0 fully saturated rings. The molecule has 8 aromatic rings. The predicted octanol–water partition coefficient (Wildman–Crippen LogP) is 10.1. The third kappa shape index (κ3) is 5.51. The van der Waals surface area contributed by atoms with Crippen LogP contribution in [-0.2, 0) is 20.1 Å². The van der Waals surface area contributed by atoms with E-state index in [0.29, 0.717) is 0 Å². The fraction of sp³-hybridized carbons (Fsp3) is 0.0256. The summed E-state index contributed by atoms with van der Waals surface area (Å²) in [5.41, 5.74) is 9.44. The van der Waals surface area contributed by atoms with Gasteiger partial charge in [-0.2, -0.15) is 0 Å². The van der Waals surface area contributed by atoms with Crippen molar-refractivity contribution in [3.63, 3.8) is 0 Å². The van der Waals surface area contributed by atoms with Crippen molar-refractivity contribution in [2.45, 2.75) is 6.92 Å². The number of rotatable bonds is 3. The van der Waals surface area contributed by atoms with Crippen LogP contribution in [0.15, 0.2) is 144 Å². The number of nitrogens with zero attached hydrogens (tertiary/aromatic N) is 2. The van der Waals surface area contributed by atoms with Gasteiger partial charge in [-0.25, -0.2) is 0 Å². The van der Waals surface area contributed by atoms with E-state index in [2.05, 4.69) is 77.6 Å². The molecule has 0 spiro atoms. The molecule has 3 aromatic heterocycles. The molecule has 3 nitrogen and oxygen atoms in total. The zero-order chi connectivity index (χ0) is 28.3. The molecule has 43 heavy (non-hydrogen) atoms. The Morgan fingerprint density at radius 2 is 1.28 bits per heavy atom. The summed E-state index contributed by atoms with van der Waals surface area (Å²) in [6.07, 6.45) is 3.62. The summed E-state index contributed by atoms with van der Waals surface area (Å²) < 4.78 is 6.09. The average Bonchev–Trinajstić information content (AvgIpc) is 3.46. The van der Waals surface area contributed by atoms with Crippen LogP contribution in [0.25, 0.3) is 66.4 Å². The van der Waals surface area contributed by atoms with Crippen molar-refractivity contribution in [1.82, 2.24) is 9.97 Å². The van der Waals surface area contributed by atoms with Crippen molar-refractivity contribution in [1.29, 1.82) is 0 Å². The number of fused-ring (bicyclic) bond motifs is 5. The molecule has 0 aliphatic rings. The van der Waals surface area contributed by atoms with Gasteiger partial charge < -0.3 is 14.4 Å². The van der Waals surface area contributed by atoms with Crippen LogP contribution in [0.3, 0.4) is 0 Å². The van der Waals surface area contributed by atoms with Crippen molar-refractivity contribution >= 4 is 32.7 Å². The molecule has 0 saturated heterocycles. The molecule has 0 atom stereocenters. The van der Waals surface area contributed by atoms with E-state index >= 15 is 0 Å². The van der Waals surface area contributed by atoms with E-state index in [4.69, 9.17) is 4.42 Å². The van der Waals surface area contributed by atoms with Gasteiger partial charge in [-0.15, -0.1) is 65.2 Å². The normalized spacial score (nSPS) is 10.7. The van der Waals surface area contributed by atoms with E-state index in [0.717, 1.165) is 39.1 Å². The van der Waals surface area contributed by atoms with Crippen molar-refractivity contribution in [2.75, 3.05) is 0 Å². The SMILES string of the molecule is Cc1c(-c2ccccn2)[c-]ccc1-c1cccc2c1ccc1oc3ccccc3c12.[Ir].[c-]1ccccc1-c1ccccn1. The van der Waals surface area contributed by atoms with E-state index in [9.17, 15) is 0 Å². The molecule has 0 bridgehead atoms. The van der Waals surface area contributed by atoms with Crippen LogP contribution in [0, 0.1) is 19.1 Å². The Labute approximate surface area is 264 Å². The van der Waals surface area contributed by atoms with Gasteiger partial charge in [-0.3, -0.25) is 0 Å². The Hall–Kier alpha value is -4.89. The minimum absolute atomic E-state index is 0. The second-order valence-electron chi connectivity index (χ2n) is 10.0. The van der Waals surface area contributed by atoms with E-state index in [-0.39, 0.29) is 20.1 Å². The fourth-order valence-corrected chi connectivity index (χ4v) is 5.54. The number of hydrogen-bond donors (Lipinski definition) is 0. The molecule has 0 unspecified atom stereocenters. The second kappa shape index (κ2) is 12.5. The molecule has 3 heterocycles. The second-order valence-corrected chi connectivity index (χ2v) is 10.0. The number of hydrogen-bond acceptors (Lipinski definition) is 3. The Balaban J connectivity index is 0.000000213. The first-order chi connectivity index (χ1) is 20.8. The molecule has 4 heteroatoms. The van der Waals surface area contributed by atoms with Crippen LogP contribution in [0.1, 0.15) is 5.56 Å². The predicted molar refractivity (Wildman–Crippen MR) is 172 cm³/mol. The molecule has 8 rings (SSSR count). The standard InChI is InChI=1S/C28H18NO.C11H8N.Ir/c1-18-19(9-6-10-20(18)25-13-4-5-17-29-25)21-11-7-12-23-22(21)15-16-27-28(23)24-8-2-3-14-26(24)30-27;1-2-6-10(7-3-1)11-8-4-5-9-12-11;/h2-9,11-17H,1H3;1-6,8-9H;/q2*-1;. The zero-order valence-electron chi connectivity index (χ0n) is 23.4. The smallest absolute Gasteiger partial charge is 0.136 e. The van der Waals surface area contributed by atoms with Gasteiger partial charge >= 0.3 is 0 Å².